The van der Waals surface area contributed by atoms with Crippen molar-refractivity contribution in [3.8, 4) is 11.5 Å². The zero-order chi connectivity index (χ0) is 16.4. The predicted molar refractivity (Wildman–Crippen MR) is 81.9 cm³/mol. The molecular weight excluding hydrogens is 320 g/mol. The third-order valence-corrected chi connectivity index (χ3v) is 3.95. The maximum Gasteiger partial charge on any atom is 0.277 e. The van der Waals surface area contributed by atoms with Gasteiger partial charge in [-0.3, -0.25) is 10.1 Å². The van der Waals surface area contributed by atoms with Crippen LogP contribution in [0.1, 0.15) is 18.4 Å². The van der Waals surface area contributed by atoms with Crippen molar-refractivity contribution >= 4 is 23.6 Å². The molecule has 0 radical (unpaired) electrons. The summed E-state index contributed by atoms with van der Waals surface area (Å²) in [6.45, 7) is 5.31. The number of aromatic nitrogens is 3. The molecule has 0 spiro atoms. The highest BCUT2D eigenvalue weighted by Gasteiger charge is 2.20. The molecule has 120 valence electrons. The Balaban J connectivity index is 1.64. The Morgan fingerprint density at radius 3 is 2.83 bits per heavy atom. The molecule has 23 heavy (non-hydrogen) atoms. The molecule has 0 fully saturated rings. The van der Waals surface area contributed by atoms with E-state index >= 15 is 0 Å². The van der Waals surface area contributed by atoms with Gasteiger partial charge in [-0.15, -0.1) is 10.2 Å². The number of carbonyl (C=O) groups is 1. The number of aryl methyl sites for hydroxylation is 2. The number of thioether (sulfide) groups is 1. The molecule has 0 aliphatic heterocycles. The molecule has 3 heterocycles. The second-order valence-corrected chi connectivity index (χ2v) is 6.14. The van der Waals surface area contributed by atoms with Gasteiger partial charge in [0.1, 0.15) is 5.76 Å². The van der Waals surface area contributed by atoms with Crippen LogP contribution in [0.4, 0.5) is 5.88 Å². The van der Waals surface area contributed by atoms with E-state index in [0.29, 0.717) is 28.5 Å². The lowest BCUT2D eigenvalue weighted by Crippen LogP contribution is -2.22. The van der Waals surface area contributed by atoms with Crippen molar-refractivity contribution < 1.29 is 18.2 Å². The van der Waals surface area contributed by atoms with E-state index in [1.165, 1.54) is 0 Å². The van der Waals surface area contributed by atoms with E-state index in [0.717, 1.165) is 17.3 Å². The molecule has 1 atom stereocenters. The van der Waals surface area contributed by atoms with Crippen LogP contribution >= 0.6 is 11.8 Å². The molecule has 1 amide bonds. The zero-order valence-electron chi connectivity index (χ0n) is 12.7. The van der Waals surface area contributed by atoms with Crippen LogP contribution in [0.3, 0.4) is 0 Å². The highest BCUT2D eigenvalue weighted by molar-refractivity contribution is 8.00. The fourth-order valence-electron chi connectivity index (χ4n) is 1.82. The van der Waals surface area contributed by atoms with E-state index in [-0.39, 0.29) is 5.91 Å². The van der Waals surface area contributed by atoms with Gasteiger partial charge < -0.3 is 13.4 Å². The van der Waals surface area contributed by atoms with Gasteiger partial charge in [-0.05, 0) is 26.8 Å². The van der Waals surface area contributed by atoms with Gasteiger partial charge in [-0.1, -0.05) is 16.9 Å². The first-order valence-corrected chi connectivity index (χ1v) is 7.69. The van der Waals surface area contributed by atoms with E-state index < -0.39 is 5.25 Å². The Hall–Kier alpha value is -2.55. The summed E-state index contributed by atoms with van der Waals surface area (Å²) in [5, 5.41) is 14.1. The molecule has 0 aliphatic rings. The van der Waals surface area contributed by atoms with Crippen molar-refractivity contribution in [2.24, 2.45) is 0 Å². The number of amides is 1. The van der Waals surface area contributed by atoms with E-state index in [9.17, 15) is 4.79 Å². The number of carbonyl (C=O) groups excluding carboxylic acids is 1. The first-order chi connectivity index (χ1) is 11.0. The number of hydrogen-bond acceptors (Lipinski definition) is 8. The highest BCUT2D eigenvalue weighted by atomic mass is 32.2. The number of rotatable bonds is 5. The first-order valence-electron chi connectivity index (χ1n) is 6.81. The summed E-state index contributed by atoms with van der Waals surface area (Å²) in [7, 11) is 0. The lowest BCUT2D eigenvalue weighted by molar-refractivity contribution is -0.115. The second-order valence-electron chi connectivity index (χ2n) is 4.85. The lowest BCUT2D eigenvalue weighted by Gasteiger charge is -2.06. The number of furan rings is 1. The van der Waals surface area contributed by atoms with Crippen molar-refractivity contribution in [2.75, 3.05) is 5.32 Å². The molecule has 3 aromatic heterocycles. The molecule has 9 heteroatoms. The summed E-state index contributed by atoms with van der Waals surface area (Å²) >= 11 is 1.16. The van der Waals surface area contributed by atoms with Gasteiger partial charge in [0.25, 0.3) is 11.1 Å². The van der Waals surface area contributed by atoms with E-state index in [1.54, 1.807) is 32.2 Å². The third-order valence-electron chi connectivity index (χ3n) is 3.02. The summed E-state index contributed by atoms with van der Waals surface area (Å²) in [4.78, 5) is 12.1. The fraction of sp³-hybridized carbons (Fsp3) is 0.286. The second kappa shape index (κ2) is 6.29. The maximum atomic E-state index is 12.1. The summed E-state index contributed by atoms with van der Waals surface area (Å²) in [5.41, 5.74) is 1.43. The molecule has 1 unspecified atom stereocenters. The molecule has 0 bridgehead atoms. The van der Waals surface area contributed by atoms with Crippen LogP contribution in [0.5, 0.6) is 0 Å². The lowest BCUT2D eigenvalue weighted by atomic mass is 10.3. The van der Waals surface area contributed by atoms with Crippen molar-refractivity contribution in [1.29, 1.82) is 0 Å². The number of nitrogens with one attached hydrogen (secondary N) is 1. The monoisotopic (exact) mass is 334 g/mol. The molecule has 0 saturated heterocycles. The van der Waals surface area contributed by atoms with Crippen LogP contribution in [0, 0.1) is 13.8 Å². The van der Waals surface area contributed by atoms with Crippen LogP contribution in [0.2, 0.25) is 0 Å². The van der Waals surface area contributed by atoms with Crippen LogP contribution < -0.4 is 5.32 Å². The normalized spacial score (nSPS) is 12.3. The summed E-state index contributed by atoms with van der Waals surface area (Å²) < 4.78 is 15.7. The van der Waals surface area contributed by atoms with Gasteiger partial charge in [0, 0.05) is 6.07 Å². The average molecular weight is 334 g/mol. The Kier molecular flexibility index (Phi) is 4.20. The summed E-state index contributed by atoms with van der Waals surface area (Å²) in [6, 6.07) is 3.39. The number of nitrogens with zero attached hydrogens (tertiary/aromatic N) is 3. The number of anilines is 1. The minimum Gasteiger partial charge on any atom is -0.469 e. The Morgan fingerprint density at radius 1 is 1.35 bits per heavy atom. The van der Waals surface area contributed by atoms with Crippen LogP contribution in [0.25, 0.3) is 11.5 Å². The first kappa shape index (κ1) is 15.3. The van der Waals surface area contributed by atoms with Gasteiger partial charge in [0.2, 0.25) is 11.8 Å². The molecule has 0 saturated carbocycles. The van der Waals surface area contributed by atoms with Crippen molar-refractivity contribution in [3.63, 3.8) is 0 Å². The largest absolute Gasteiger partial charge is 0.469 e. The third kappa shape index (κ3) is 3.45. The quantitative estimate of drug-likeness (QED) is 0.709. The minimum atomic E-state index is -0.445. The van der Waals surface area contributed by atoms with Crippen LogP contribution in [0.15, 0.2) is 37.0 Å². The molecule has 3 aromatic rings. The topological polar surface area (TPSA) is 107 Å². The molecule has 8 nitrogen and oxygen atoms in total. The van der Waals surface area contributed by atoms with Gasteiger partial charge >= 0.3 is 0 Å². The molecule has 0 aliphatic carbocycles. The van der Waals surface area contributed by atoms with Gasteiger partial charge in [-0.25, -0.2) is 0 Å². The van der Waals surface area contributed by atoms with Crippen molar-refractivity contribution in [3.05, 3.63) is 29.9 Å². The van der Waals surface area contributed by atoms with E-state index in [1.807, 2.05) is 6.92 Å². The van der Waals surface area contributed by atoms with E-state index in [4.69, 9.17) is 13.4 Å². The highest BCUT2D eigenvalue weighted by Crippen LogP contribution is 2.28. The Bertz CT molecular complexity index is 822. The molecule has 1 N–H and O–H groups in total. The maximum absolute atomic E-state index is 12.1. The van der Waals surface area contributed by atoms with E-state index in [2.05, 4.69) is 20.7 Å². The molecule has 0 aromatic carbocycles. The standard InChI is InChI=1S/C14H14N4O4S/c1-7-6-11(22-18-7)15-12(19)9(3)23-14-17-16-13(21-14)10-4-5-20-8(10)2/h4-6,9H,1-3H3,(H,15,19). The number of hydrogen-bond donors (Lipinski definition) is 1. The Morgan fingerprint density at radius 2 is 2.17 bits per heavy atom. The van der Waals surface area contributed by atoms with Crippen molar-refractivity contribution in [1.82, 2.24) is 15.4 Å². The van der Waals surface area contributed by atoms with Gasteiger partial charge in [-0.2, -0.15) is 0 Å². The van der Waals surface area contributed by atoms with Gasteiger partial charge in [0.05, 0.1) is 22.8 Å². The zero-order valence-corrected chi connectivity index (χ0v) is 13.5. The van der Waals surface area contributed by atoms with Crippen LogP contribution in [-0.4, -0.2) is 26.5 Å². The fourth-order valence-corrected chi connectivity index (χ4v) is 2.51. The van der Waals surface area contributed by atoms with Gasteiger partial charge in [0.15, 0.2) is 0 Å². The smallest absolute Gasteiger partial charge is 0.277 e. The average Bonchev–Trinajstić information content (AvgIpc) is 3.21. The van der Waals surface area contributed by atoms with Crippen molar-refractivity contribution in [2.45, 2.75) is 31.2 Å². The Labute approximate surface area is 135 Å². The molecular formula is C14H14N4O4S. The predicted octanol–water partition coefficient (Wildman–Crippen LogP) is 3.05. The SMILES string of the molecule is Cc1cc(NC(=O)C(C)Sc2nnc(-c3ccoc3C)o2)on1. The summed E-state index contributed by atoms with van der Waals surface area (Å²) in [5.74, 6) is 1.11. The minimum absolute atomic E-state index is 0.245. The summed E-state index contributed by atoms with van der Waals surface area (Å²) in [6.07, 6.45) is 1.55. The molecule has 3 rings (SSSR count). The van der Waals surface area contributed by atoms with Crippen LogP contribution in [-0.2, 0) is 4.79 Å².